The Kier molecular flexibility index (Phi) is 5.54. The molecule has 0 unspecified atom stereocenters. The zero-order chi connectivity index (χ0) is 13.7. The molecule has 1 saturated carbocycles. The molecule has 0 aromatic rings. The molecule has 1 rings (SSSR count). The van der Waals surface area contributed by atoms with Crippen LogP contribution in [0.4, 0.5) is 0 Å². The highest BCUT2D eigenvalue weighted by molar-refractivity contribution is 6.22. The van der Waals surface area contributed by atoms with Crippen LogP contribution in [0.15, 0.2) is 11.3 Å². The molecule has 0 aliphatic heterocycles. The van der Waals surface area contributed by atoms with Gasteiger partial charge in [0.05, 0.1) is 17.9 Å². The van der Waals surface area contributed by atoms with Gasteiger partial charge in [0, 0.05) is 12.8 Å². The lowest BCUT2D eigenvalue weighted by Crippen LogP contribution is -2.32. The fourth-order valence-corrected chi connectivity index (χ4v) is 2.18. The fourth-order valence-electron chi connectivity index (χ4n) is 2.18. The maximum atomic E-state index is 12.1. The van der Waals surface area contributed by atoms with Crippen molar-refractivity contribution in [2.75, 3.05) is 6.61 Å². The highest BCUT2D eigenvalue weighted by atomic mass is 16.6. The highest BCUT2D eigenvalue weighted by Gasteiger charge is 2.33. The number of hydrogen-bond acceptors (Lipinski definition) is 4. The molecule has 0 aromatic carbocycles. The molecule has 0 bridgehead atoms. The Morgan fingerprint density at radius 1 is 1.28 bits per heavy atom. The van der Waals surface area contributed by atoms with Gasteiger partial charge in [-0.3, -0.25) is 19.9 Å². The summed E-state index contributed by atoms with van der Waals surface area (Å²) >= 11 is 0. The van der Waals surface area contributed by atoms with E-state index in [1.165, 1.54) is 0 Å². The van der Waals surface area contributed by atoms with E-state index in [0.29, 0.717) is 43.1 Å². The smallest absolute Gasteiger partial charge is 0.168 e. The first-order valence-electron chi connectivity index (χ1n) is 6.68. The molecule has 0 spiro atoms. The molecular formula is C14H23NO3. The Morgan fingerprint density at radius 3 is 2.22 bits per heavy atom. The van der Waals surface area contributed by atoms with E-state index in [4.69, 9.17) is 4.84 Å². The van der Waals surface area contributed by atoms with Crippen LogP contribution in [0.5, 0.6) is 0 Å². The van der Waals surface area contributed by atoms with Gasteiger partial charge in [-0.25, -0.2) is 0 Å². The molecule has 1 aliphatic rings. The van der Waals surface area contributed by atoms with E-state index < -0.39 is 0 Å². The van der Waals surface area contributed by atoms with Gasteiger partial charge in [0.1, 0.15) is 0 Å². The Labute approximate surface area is 109 Å². The van der Waals surface area contributed by atoms with Gasteiger partial charge in [0.2, 0.25) is 0 Å². The lowest BCUT2D eigenvalue weighted by molar-refractivity contribution is -0.126. The molecule has 18 heavy (non-hydrogen) atoms. The van der Waals surface area contributed by atoms with Gasteiger partial charge in [-0.15, -0.1) is 0 Å². The summed E-state index contributed by atoms with van der Waals surface area (Å²) in [6, 6.07) is 0. The van der Waals surface area contributed by atoms with Crippen molar-refractivity contribution in [3.63, 3.8) is 0 Å². The molecule has 1 fully saturated rings. The largest absolute Gasteiger partial charge is 0.294 e. The van der Waals surface area contributed by atoms with Gasteiger partial charge in [-0.2, -0.15) is 0 Å². The van der Waals surface area contributed by atoms with Crippen molar-refractivity contribution in [1.82, 2.24) is 5.48 Å². The number of Topliss-reactive ketones (excluding diaryl/α,β-unsaturated/α-hetero) is 2. The van der Waals surface area contributed by atoms with Gasteiger partial charge in [-0.1, -0.05) is 20.8 Å². The van der Waals surface area contributed by atoms with Crippen molar-refractivity contribution in [2.45, 2.75) is 47.0 Å². The normalized spacial score (nSPS) is 20.5. The summed E-state index contributed by atoms with van der Waals surface area (Å²) in [5, 5.41) is 0. The third kappa shape index (κ3) is 3.42. The predicted octanol–water partition coefficient (Wildman–Crippen LogP) is 2.40. The van der Waals surface area contributed by atoms with E-state index in [2.05, 4.69) is 19.3 Å². The highest BCUT2D eigenvalue weighted by Crippen LogP contribution is 2.30. The second-order valence-electron chi connectivity index (χ2n) is 5.00. The first-order chi connectivity index (χ1) is 8.51. The molecule has 4 nitrogen and oxygen atoms in total. The monoisotopic (exact) mass is 253 g/mol. The average Bonchev–Trinajstić information content (AvgIpc) is 2.32. The van der Waals surface area contributed by atoms with Crippen LogP contribution in [0.1, 0.15) is 47.0 Å². The Bertz CT molecular complexity index is 338. The molecule has 0 saturated heterocycles. The van der Waals surface area contributed by atoms with Gasteiger partial charge >= 0.3 is 0 Å². The van der Waals surface area contributed by atoms with Crippen LogP contribution in [0.2, 0.25) is 0 Å². The van der Waals surface area contributed by atoms with Gasteiger partial charge in [0.15, 0.2) is 11.6 Å². The van der Waals surface area contributed by atoms with Crippen molar-refractivity contribution >= 4 is 11.6 Å². The summed E-state index contributed by atoms with van der Waals surface area (Å²) in [5.41, 5.74) is 3.67. The maximum Gasteiger partial charge on any atom is 0.168 e. The Hall–Kier alpha value is -1.16. The molecule has 0 aromatic heterocycles. The number of allylic oxidation sites excluding steroid dienone is 2. The van der Waals surface area contributed by atoms with Crippen LogP contribution in [-0.2, 0) is 14.4 Å². The molecular weight excluding hydrogens is 230 g/mol. The van der Waals surface area contributed by atoms with Crippen LogP contribution in [0, 0.1) is 11.8 Å². The van der Waals surface area contributed by atoms with E-state index in [0.717, 1.165) is 0 Å². The first kappa shape index (κ1) is 14.9. The number of ketones is 2. The van der Waals surface area contributed by atoms with Crippen molar-refractivity contribution in [3.8, 4) is 0 Å². The van der Waals surface area contributed by atoms with Crippen molar-refractivity contribution in [1.29, 1.82) is 0 Å². The number of carbonyl (C=O) groups excluding carboxylic acids is 2. The Morgan fingerprint density at radius 2 is 1.83 bits per heavy atom. The number of hydroxylamine groups is 1. The van der Waals surface area contributed by atoms with Crippen LogP contribution >= 0.6 is 0 Å². The molecule has 0 heterocycles. The summed E-state index contributed by atoms with van der Waals surface area (Å²) in [4.78, 5) is 29.3. The summed E-state index contributed by atoms with van der Waals surface area (Å²) in [7, 11) is 0. The molecule has 4 heteroatoms. The molecule has 0 amide bonds. The summed E-state index contributed by atoms with van der Waals surface area (Å²) < 4.78 is 0. The van der Waals surface area contributed by atoms with Crippen molar-refractivity contribution in [3.05, 3.63) is 11.3 Å². The van der Waals surface area contributed by atoms with E-state index in [-0.39, 0.29) is 17.5 Å². The van der Waals surface area contributed by atoms with Crippen LogP contribution < -0.4 is 5.48 Å². The minimum Gasteiger partial charge on any atom is -0.294 e. The lowest BCUT2D eigenvalue weighted by atomic mass is 9.77. The third-order valence-electron chi connectivity index (χ3n) is 3.39. The molecule has 0 atom stereocenters. The number of hydrogen-bond donors (Lipinski definition) is 1. The first-order valence-corrected chi connectivity index (χ1v) is 6.68. The van der Waals surface area contributed by atoms with Crippen molar-refractivity contribution in [2.24, 2.45) is 11.8 Å². The Balaban J connectivity index is 2.92. The predicted molar refractivity (Wildman–Crippen MR) is 69.7 cm³/mol. The average molecular weight is 253 g/mol. The quantitative estimate of drug-likeness (QED) is 0.464. The number of carbonyl (C=O) groups is 2. The van der Waals surface area contributed by atoms with Gasteiger partial charge in [0.25, 0.3) is 0 Å². The summed E-state index contributed by atoms with van der Waals surface area (Å²) in [6.07, 6.45) is 1.53. The molecule has 0 radical (unpaired) electrons. The summed E-state index contributed by atoms with van der Waals surface area (Å²) in [6.45, 7) is 8.36. The van der Waals surface area contributed by atoms with E-state index in [1.807, 2.05) is 13.8 Å². The maximum absolute atomic E-state index is 12.1. The SMILES string of the molecule is CCONC(CC)=C1C(=O)CC(C(C)C)CC1=O. The van der Waals surface area contributed by atoms with Gasteiger partial charge < -0.3 is 0 Å². The van der Waals surface area contributed by atoms with E-state index in [1.54, 1.807) is 0 Å². The topological polar surface area (TPSA) is 55.4 Å². The zero-order valence-electron chi connectivity index (χ0n) is 11.7. The minimum absolute atomic E-state index is 0.0472. The fraction of sp³-hybridized carbons (Fsp3) is 0.714. The van der Waals surface area contributed by atoms with Crippen molar-refractivity contribution < 1.29 is 14.4 Å². The molecule has 1 aliphatic carbocycles. The lowest BCUT2D eigenvalue weighted by Gasteiger charge is -2.26. The zero-order valence-corrected chi connectivity index (χ0v) is 11.7. The standard InChI is InChI=1S/C14H23NO3/c1-5-11(15-18-6-2)14-12(16)7-10(9(3)4)8-13(14)17/h9-10,15H,5-8H2,1-4H3. The second kappa shape index (κ2) is 6.69. The summed E-state index contributed by atoms with van der Waals surface area (Å²) in [5.74, 6) is 0.450. The second-order valence-corrected chi connectivity index (χ2v) is 5.00. The van der Waals surface area contributed by atoms with E-state index >= 15 is 0 Å². The number of nitrogens with one attached hydrogen (secondary N) is 1. The van der Waals surface area contributed by atoms with Crippen LogP contribution in [0.3, 0.4) is 0 Å². The third-order valence-corrected chi connectivity index (χ3v) is 3.39. The van der Waals surface area contributed by atoms with E-state index in [9.17, 15) is 9.59 Å². The molecule has 102 valence electrons. The van der Waals surface area contributed by atoms with Crippen LogP contribution in [-0.4, -0.2) is 18.2 Å². The number of rotatable bonds is 5. The van der Waals surface area contributed by atoms with Gasteiger partial charge in [-0.05, 0) is 25.2 Å². The van der Waals surface area contributed by atoms with Crippen LogP contribution in [0.25, 0.3) is 0 Å². The molecule has 1 N–H and O–H groups in total. The minimum atomic E-state index is -0.0472.